The molecule has 0 spiro atoms. The highest BCUT2D eigenvalue weighted by Crippen LogP contribution is 2.36. The fourth-order valence-corrected chi connectivity index (χ4v) is 5.31. The lowest BCUT2D eigenvalue weighted by molar-refractivity contribution is -0.00657. The summed E-state index contributed by atoms with van der Waals surface area (Å²) in [6.45, 7) is 4.94. The number of benzene rings is 2. The van der Waals surface area contributed by atoms with Crippen LogP contribution in [0.1, 0.15) is 13.8 Å². The van der Waals surface area contributed by atoms with Crippen LogP contribution in [-0.2, 0) is 14.6 Å². The number of hydrogen-bond donors (Lipinski definition) is 0. The molecule has 1 aliphatic rings. The SMILES string of the molecule is CC1CN(c2oc(-c3ccc(Br)cc3)nc2S(=O)(=O)c2ccc(Br)cc2)CC(C)O1. The highest BCUT2D eigenvalue weighted by molar-refractivity contribution is 9.10. The molecule has 1 aromatic heterocycles. The first kappa shape index (κ1) is 21.5. The standard InChI is InChI=1S/C21H20Br2N2O4S/c1-13-11-25(12-14(2)28-13)21-20(30(26,27)18-9-7-17(23)8-10-18)24-19(29-21)15-3-5-16(22)6-4-15/h3-10,13-14H,11-12H2,1-2H3. The maximum Gasteiger partial charge on any atom is 0.236 e. The van der Waals surface area contributed by atoms with Crippen LogP contribution in [0, 0.1) is 0 Å². The predicted octanol–water partition coefficient (Wildman–Crippen LogP) is 5.31. The van der Waals surface area contributed by atoms with Crippen LogP contribution in [0.25, 0.3) is 11.5 Å². The Kier molecular flexibility index (Phi) is 6.07. The molecule has 1 saturated heterocycles. The van der Waals surface area contributed by atoms with E-state index in [2.05, 4.69) is 36.8 Å². The number of sulfone groups is 1. The molecule has 2 unspecified atom stereocenters. The summed E-state index contributed by atoms with van der Waals surface area (Å²) >= 11 is 6.75. The number of oxazole rings is 1. The summed E-state index contributed by atoms with van der Waals surface area (Å²) in [7, 11) is -3.88. The van der Waals surface area contributed by atoms with Crippen molar-refractivity contribution in [1.29, 1.82) is 0 Å². The van der Waals surface area contributed by atoms with Crippen LogP contribution in [0.2, 0.25) is 0 Å². The van der Waals surface area contributed by atoms with Crippen LogP contribution >= 0.6 is 31.9 Å². The summed E-state index contributed by atoms with van der Waals surface area (Å²) in [6.07, 6.45) is -0.114. The molecule has 4 rings (SSSR count). The molecule has 3 aromatic rings. The lowest BCUT2D eigenvalue weighted by Gasteiger charge is -2.35. The third-order valence-corrected chi connectivity index (χ3v) is 7.48. The molecule has 0 aliphatic carbocycles. The summed E-state index contributed by atoms with van der Waals surface area (Å²) in [5.74, 6) is 0.512. The predicted molar refractivity (Wildman–Crippen MR) is 121 cm³/mol. The van der Waals surface area contributed by atoms with Gasteiger partial charge in [0.1, 0.15) is 0 Å². The molecule has 158 valence electrons. The van der Waals surface area contributed by atoms with Gasteiger partial charge in [0.05, 0.1) is 17.1 Å². The first-order valence-corrected chi connectivity index (χ1v) is 12.5. The van der Waals surface area contributed by atoms with Crippen LogP contribution in [0.3, 0.4) is 0 Å². The van der Waals surface area contributed by atoms with Crippen LogP contribution in [-0.4, -0.2) is 38.7 Å². The molecule has 1 fully saturated rings. The number of nitrogens with zero attached hydrogens (tertiary/aromatic N) is 2. The van der Waals surface area contributed by atoms with Gasteiger partial charge in [-0.25, -0.2) is 8.42 Å². The van der Waals surface area contributed by atoms with Gasteiger partial charge < -0.3 is 14.1 Å². The highest BCUT2D eigenvalue weighted by atomic mass is 79.9. The molecule has 2 heterocycles. The fourth-order valence-electron chi connectivity index (χ4n) is 3.46. The van der Waals surface area contributed by atoms with E-state index in [4.69, 9.17) is 9.15 Å². The summed E-state index contributed by atoms with van der Waals surface area (Å²) in [6, 6.07) is 13.9. The number of aromatic nitrogens is 1. The molecule has 0 amide bonds. The van der Waals surface area contributed by atoms with Gasteiger partial charge in [-0.15, -0.1) is 0 Å². The Morgan fingerprint density at radius 1 is 0.933 bits per heavy atom. The summed E-state index contributed by atoms with van der Waals surface area (Å²) in [4.78, 5) is 6.51. The largest absolute Gasteiger partial charge is 0.419 e. The third kappa shape index (κ3) is 4.34. The van der Waals surface area contributed by atoms with Crippen molar-refractivity contribution in [3.8, 4) is 11.5 Å². The minimum absolute atomic E-state index is 0.0572. The van der Waals surface area contributed by atoms with Crippen molar-refractivity contribution in [1.82, 2.24) is 4.98 Å². The number of morpholine rings is 1. The molecule has 30 heavy (non-hydrogen) atoms. The first-order chi connectivity index (χ1) is 14.2. The Morgan fingerprint density at radius 2 is 1.47 bits per heavy atom. The Hall–Kier alpha value is -1.68. The second-order valence-electron chi connectivity index (χ2n) is 7.26. The smallest absolute Gasteiger partial charge is 0.236 e. The summed E-state index contributed by atoms with van der Waals surface area (Å²) < 4.78 is 40.5. The van der Waals surface area contributed by atoms with Gasteiger partial charge in [-0.1, -0.05) is 31.9 Å². The molecule has 2 atom stereocenters. The van der Waals surface area contributed by atoms with Crippen LogP contribution in [0.15, 0.2) is 71.8 Å². The monoisotopic (exact) mass is 554 g/mol. The average Bonchev–Trinajstić information content (AvgIpc) is 3.14. The van der Waals surface area contributed by atoms with Crippen molar-refractivity contribution in [2.24, 2.45) is 0 Å². The van der Waals surface area contributed by atoms with Gasteiger partial charge in [0.15, 0.2) is 0 Å². The van der Waals surface area contributed by atoms with Crippen molar-refractivity contribution in [2.45, 2.75) is 36.0 Å². The van der Waals surface area contributed by atoms with Crippen molar-refractivity contribution >= 4 is 47.6 Å². The third-order valence-electron chi connectivity index (χ3n) is 4.76. The molecule has 0 bridgehead atoms. The maximum atomic E-state index is 13.5. The number of anilines is 1. The topological polar surface area (TPSA) is 72.6 Å². The zero-order chi connectivity index (χ0) is 21.5. The van der Waals surface area contributed by atoms with Crippen molar-refractivity contribution < 1.29 is 17.6 Å². The van der Waals surface area contributed by atoms with E-state index in [9.17, 15) is 8.42 Å². The average molecular weight is 556 g/mol. The molecule has 6 nitrogen and oxygen atoms in total. The van der Waals surface area contributed by atoms with E-state index in [0.717, 1.165) is 8.95 Å². The van der Waals surface area contributed by atoms with Gasteiger partial charge in [-0.05, 0) is 62.4 Å². The lowest BCUT2D eigenvalue weighted by atomic mass is 10.2. The van der Waals surface area contributed by atoms with Gasteiger partial charge in [0.25, 0.3) is 0 Å². The summed E-state index contributed by atoms with van der Waals surface area (Å²) in [5.41, 5.74) is 0.700. The molecular weight excluding hydrogens is 536 g/mol. The molecule has 0 radical (unpaired) electrons. The van der Waals surface area contributed by atoms with Crippen molar-refractivity contribution in [3.63, 3.8) is 0 Å². The molecule has 9 heteroatoms. The van der Waals surface area contributed by atoms with Gasteiger partial charge in [0.2, 0.25) is 26.6 Å². The lowest BCUT2D eigenvalue weighted by Crippen LogP contribution is -2.45. The van der Waals surface area contributed by atoms with Crippen LogP contribution < -0.4 is 4.90 Å². The second kappa shape index (κ2) is 8.45. The molecule has 0 N–H and O–H groups in total. The van der Waals surface area contributed by atoms with E-state index < -0.39 is 9.84 Å². The minimum atomic E-state index is -3.88. The quantitative estimate of drug-likeness (QED) is 0.434. The minimum Gasteiger partial charge on any atom is -0.419 e. The van der Waals surface area contributed by atoms with E-state index in [1.807, 2.05) is 43.0 Å². The van der Waals surface area contributed by atoms with Gasteiger partial charge in [-0.2, -0.15) is 4.98 Å². The maximum absolute atomic E-state index is 13.5. The molecular formula is C21H20Br2N2O4S. The van der Waals surface area contributed by atoms with E-state index in [-0.39, 0.29) is 33.9 Å². The van der Waals surface area contributed by atoms with E-state index in [0.29, 0.717) is 18.7 Å². The van der Waals surface area contributed by atoms with Crippen molar-refractivity contribution in [2.75, 3.05) is 18.0 Å². The Bertz CT molecular complexity index is 1130. The first-order valence-electron chi connectivity index (χ1n) is 9.42. The molecule has 0 saturated carbocycles. The van der Waals surface area contributed by atoms with E-state index >= 15 is 0 Å². The number of hydrogen-bond acceptors (Lipinski definition) is 6. The number of ether oxygens (including phenoxy) is 1. The fraction of sp³-hybridized carbons (Fsp3) is 0.286. The van der Waals surface area contributed by atoms with Gasteiger partial charge >= 0.3 is 0 Å². The summed E-state index contributed by atoms with van der Waals surface area (Å²) in [5, 5.41) is -0.0796. The molecule has 2 aromatic carbocycles. The zero-order valence-electron chi connectivity index (χ0n) is 16.4. The number of halogens is 2. The van der Waals surface area contributed by atoms with Crippen molar-refractivity contribution in [3.05, 3.63) is 57.5 Å². The Labute approximate surface area is 192 Å². The molecule has 1 aliphatic heterocycles. The van der Waals surface area contributed by atoms with Gasteiger partial charge in [-0.3, -0.25) is 0 Å². The highest BCUT2D eigenvalue weighted by Gasteiger charge is 2.34. The van der Waals surface area contributed by atoms with Crippen LogP contribution in [0.4, 0.5) is 5.88 Å². The number of rotatable bonds is 4. The normalized spacial score (nSPS) is 19.8. The Morgan fingerprint density at radius 3 is 2.03 bits per heavy atom. The zero-order valence-corrected chi connectivity index (χ0v) is 20.4. The van der Waals surface area contributed by atoms with E-state index in [1.165, 1.54) is 0 Å². The second-order valence-corrected chi connectivity index (χ2v) is 11.0. The van der Waals surface area contributed by atoms with Gasteiger partial charge in [0, 0.05) is 27.6 Å². The van der Waals surface area contributed by atoms with E-state index in [1.54, 1.807) is 24.3 Å². The van der Waals surface area contributed by atoms with Crippen LogP contribution in [0.5, 0.6) is 0 Å². The Balaban J connectivity index is 1.85.